The van der Waals surface area contributed by atoms with E-state index in [0.29, 0.717) is 12.3 Å². The van der Waals surface area contributed by atoms with Crippen LogP contribution in [0.4, 0.5) is 0 Å². The number of ether oxygens (including phenoxy) is 1. The molecule has 1 N–H and O–H groups in total. The first-order valence-corrected chi connectivity index (χ1v) is 10.9. The fourth-order valence-corrected chi connectivity index (χ4v) is 3.06. The molecule has 0 bridgehead atoms. The molecule has 156 valence electrons. The molecule has 0 saturated carbocycles. The van der Waals surface area contributed by atoms with Crippen molar-refractivity contribution in [3.8, 4) is 5.75 Å². The van der Waals surface area contributed by atoms with E-state index in [9.17, 15) is 9.59 Å². The molecule has 0 unspecified atom stereocenters. The summed E-state index contributed by atoms with van der Waals surface area (Å²) in [6, 6.07) is 14.9. The van der Waals surface area contributed by atoms with Gasteiger partial charge in [0.2, 0.25) is 5.91 Å². The average Bonchev–Trinajstić information content (AvgIpc) is 2.72. The van der Waals surface area contributed by atoms with E-state index in [0.717, 1.165) is 21.1 Å². The van der Waals surface area contributed by atoms with E-state index in [4.69, 9.17) is 4.74 Å². The number of aryl methyl sites for hydroxylation is 1. The van der Waals surface area contributed by atoms with Gasteiger partial charge in [-0.2, -0.15) is 0 Å². The zero-order chi connectivity index (χ0) is 21.4. The third-order valence-electron chi connectivity index (χ3n) is 4.82. The first-order chi connectivity index (χ1) is 13.8. The van der Waals surface area contributed by atoms with Crippen LogP contribution in [-0.4, -0.2) is 35.4 Å². The highest BCUT2D eigenvalue weighted by atomic mass is 127. The lowest BCUT2D eigenvalue weighted by atomic mass is 10.1. The van der Waals surface area contributed by atoms with Crippen molar-refractivity contribution in [2.24, 2.45) is 0 Å². The van der Waals surface area contributed by atoms with Gasteiger partial charge in [-0.25, -0.2) is 0 Å². The van der Waals surface area contributed by atoms with Gasteiger partial charge in [0, 0.05) is 16.2 Å². The van der Waals surface area contributed by atoms with Crippen LogP contribution in [0.2, 0.25) is 0 Å². The highest BCUT2D eigenvalue weighted by Gasteiger charge is 2.27. The largest absolute Gasteiger partial charge is 0.484 e. The van der Waals surface area contributed by atoms with Crippen LogP contribution in [0, 0.1) is 10.5 Å². The van der Waals surface area contributed by atoms with Gasteiger partial charge < -0.3 is 15.0 Å². The van der Waals surface area contributed by atoms with Crippen LogP contribution in [0.25, 0.3) is 0 Å². The van der Waals surface area contributed by atoms with Crippen LogP contribution in [0.3, 0.4) is 0 Å². The van der Waals surface area contributed by atoms with E-state index >= 15 is 0 Å². The topological polar surface area (TPSA) is 58.6 Å². The second-order valence-corrected chi connectivity index (χ2v) is 8.49. The Morgan fingerprint density at radius 1 is 1.07 bits per heavy atom. The summed E-state index contributed by atoms with van der Waals surface area (Å²) >= 11 is 2.22. The Bertz CT molecular complexity index is 806. The normalized spacial score (nSPS) is 12.7. The number of nitrogens with one attached hydrogen (secondary N) is 1. The predicted octanol–water partition coefficient (Wildman–Crippen LogP) is 4.31. The van der Waals surface area contributed by atoms with Crippen molar-refractivity contribution >= 4 is 34.4 Å². The zero-order valence-electron chi connectivity index (χ0n) is 17.4. The summed E-state index contributed by atoms with van der Waals surface area (Å²) < 4.78 is 6.76. The van der Waals surface area contributed by atoms with Crippen LogP contribution >= 0.6 is 22.6 Å². The lowest BCUT2D eigenvalue weighted by Gasteiger charge is -2.29. The maximum atomic E-state index is 13.0. The number of halogens is 1. The number of benzene rings is 2. The third-order valence-corrected chi connectivity index (χ3v) is 5.54. The number of carbonyl (C=O) groups is 2. The molecule has 2 amide bonds. The Morgan fingerprint density at radius 3 is 2.28 bits per heavy atom. The lowest BCUT2D eigenvalue weighted by Crippen LogP contribution is -2.50. The van der Waals surface area contributed by atoms with Gasteiger partial charge in [-0.1, -0.05) is 36.8 Å². The summed E-state index contributed by atoms with van der Waals surface area (Å²) in [5.41, 5.74) is 2.12. The van der Waals surface area contributed by atoms with Crippen molar-refractivity contribution in [1.82, 2.24) is 10.2 Å². The fraction of sp³-hybridized carbons (Fsp3) is 0.391. The predicted molar refractivity (Wildman–Crippen MR) is 124 cm³/mol. The smallest absolute Gasteiger partial charge is 0.261 e. The SMILES string of the molecule is CC[C@H](C)NC(=O)[C@@H](C)N(Cc1ccc(C)cc1)C(=O)COc1ccc(I)cc1. The van der Waals surface area contributed by atoms with Gasteiger partial charge in [0.05, 0.1) is 0 Å². The molecule has 29 heavy (non-hydrogen) atoms. The molecular weight excluding hydrogens is 479 g/mol. The van der Waals surface area contributed by atoms with Crippen molar-refractivity contribution in [2.75, 3.05) is 6.61 Å². The lowest BCUT2D eigenvalue weighted by molar-refractivity contribution is -0.142. The molecule has 0 spiro atoms. The molecule has 2 aromatic carbocycles. The van der Waals surface area contributed by atoms with Crippen molar-refractivity contribution in [2.45, 2.75) is 52.7 Å². The monoisotopic (exact) mass is 508 g/mol. The number of hydrogen-bond donors (Lipinski definition) is 1. The molecule has 0 radical (unpaired) electrons. The van der Waals surface area contributed by atoms with Crippen LogP contribution < -0.4 is 10.1 Å². The summed E-state index contributed by atoms with van der Waals surface area (Å²) in [7, 11) is 0. The number of amides is 2. The Balaban J connectivity index is 2.13. The van der Waals surface area contributed by atoms with Crippen LogP contribution in [-0.2, 0) is 16.1 Å². The summed E-state index contributed by atoms with van der Waals surface area (Å²) in [4.78, 5) is 27.2. The second-order valence-electron chi connectivity index (χ2n) is 7.24. The molecule has 6 heteroatoms. The Hall–Kier alpha value is -2.09. The van der Waals surface area contributed by atoms with Crippen LogP contribution in [0.1, 0.15) is 38.3 Å². The minimum absolute atomic E-state index is 0.0596. The van der Waals surface area contributed by atoms with E-state index < -0.39 is 6.04 Å². The van der Waals surface area contributed by atoms with Crippen molar-refractivity contribution < 1.29 is 14.3 Å². The molecule has 0 heterocycles. The van der Waals surface area contributed by atoms with Gasteiger partial charge in [0.25, 0.3) is 5.91 Å². The van der Waals surface area contributed by atoms with E-state index in [1.54, 1.807) is 11.8 Å². The third kappa shape index (κ3) is 7.34. The molecule has 2 atom stereocenters. The average molecular weight is 508 g/mol. The van der Waals surface area contributed by atoms with Crippen molar-refractivity contribution in [1.29, 1.82) is 0 Å². The van der Waals surface area contributed by atoms with Gasteiger partial charge in [-0.05, 0) is 79.6 Å². The molecule has 0 fully saturated rings. The maximum absolute atomic E-state index is 13.0. The summed E-state index contributed by atoms with van der Waals surface area (Å²) in [6.07, 6.45) is 0.834. The molecule has 0 aromatic heterocycles. The zero-order valence-corrected chi connectivity index (χ0v) is 19.6. The van der Waals surface area contributed by atoms with Gasteiger partial charge in [0.1, 0.15) is 11.8 Å². The van der Waals surface area contributed by atoms with Crippen molar-refractivity contribution in [3.63, 3.8) is 0 Å². The quantitative estimate of drug-likeness (QED) is 0.514. The van der Waals surface area contributed by atoms with E-state index in [-0.39, 0.29) is 24.5 Å². The van der Waals surface area contributed by atoms with Gasteiger partial charge in [0.15, 0.2) is 6.61 Å². The summed E-state index contributed by atoms with van der Waals surface area (Å²) in [6.45, 7) is 7.98. The first kappa shape index (κ1) is 23.2. The van der Waals surface area contributed by atoms with Gasteiger partial charge >= 0.3 is 0 Å². The standard InChI is InChI=1S/C23H29IN2O3/c1-5-17(3)25-23(28)18(4)26(14-19-8-6-16(2)7-9-19)22(27)15-29-21-12-10-20(24)11-13-21/h6-13,17-18H,5,14-15H2,1-4H3,(H,25,28)/t17-,18+/m0/s1. The fourth-order valence-electron chi connectivity index (χ4n) is 2.70. The second kappa shape index (κ2) is 11.2. The van der Waals surface area contributed by atoms with Crippen LogP contribution in [0.15, 0.2) is 48.5 Å². The van der Waals surface area contributed by atoms with Crippen LogP contribution in [0.5, 0.6) is 5.75 Å². The summed E-state index contributed by atoms with van der Waals surface area (Å²) in [5.74, 6) is 0.246. The van der Waals surface area contributed by atoms with Crippen molar-refractivity contribution in [3.05, 3.63) is 63.2 Å². The van der Waals surface area contributed by atoms with Gasteiger partial charge in [-0.15, -0.1) is 0 Å². The number of nitrogens with zero attached hydrogens (tertiary/aromatic N) is 1. The molecular formula is C23H29IN2O3. The highest BCUT2D eigenvalue weighted by molar-refractivity contribution is 14.1. The summed E-state index contributed by atoms with van der Waals surface area (Å²) in [5, 5.41) is 2.97. The molecule has 0 saturated heterocycles. The Labute approximate surface area is 187 Å². The molecule has 0 aliphatic carbocycles. The maximum Gasteiger partial charge on any atom is 0.261 e. The molecule has 2 rings (SSSR count). The molecule has 0 aliphatic heterocycles. The Kier molecular flexibility index (Phi) is 8.95. The Morgan fingerprint density at radius 2 is 1.69 bits per heavy atom. The molecule has 2 aromatic rings. The minimum atomic E-state index is -0.599. The minimum Gasteiger partial charge on any atom is -0.484 e. The van der Waals surface area contributed by atoms with Gasteiger partial charge in [-0.3, -0.25) is 9.59 Å². The number of rotatable bonds is 9. The number of carbonyl (C=O) groups excluding carboxylic acids is 2. The highest BCUT2D eigenvalue weighted by Crippen LogP contribution is 2.15. The molecule has 0 aliphatic rings. The number of hydrogen-bond acceptors (Lipinski definition) is 3. The van der Waals surface area contributed by atoms with E-state index in [1.807, 2.05) is 69.3 Å². The van der Waals surface area contributed by atoms with E-state index in [2.05, 4.69) is 27.9 Å². The molecule has 5 nitrogen and oxygen atoms in total. The first-order valence-electron chi connectivity index (χ1n) is 9.84. The van der Waals surface area contributed by atoms with E-state index in [1.165, 1.54) is 0 Å².